The van der Waals surface area contributed by atoms with E-state index in [-0.39, 0.29) is 5.25 Å². The number of hydrogen-bond acceptors (Lipinski definition) is 6. The first-order valence-corrected chi connectivity index (χ1v) is 13.7. The molecule has 1 unspecified atom stereocenters. The highest BCUT2D eigenvalue weighted by molar-refractivity contribution is 7.90. The van der Waals surface area contributed by atoms with Gasteiger partial charge in [0.05, 0.1) is 32.8 Å². The molecule has 1 aromatic carbocycles. The van der Waals surface area contributed by atoms with Crippen LogP contribution in [0.4, 0.5) is 0 Å². The molecular weight excluding hydrogens is 490 g/mol. The Morgan fingerprint density at radius 3 is 2.56 bits per heavy atom. The standard InChI is InChI=1S/C25H24ClN3O3S2/c1-25(2,30)15-9-11-27-20(13-15)18-10-12-28-21-14-22(33-24(18)21)23(17-5-3-4-6-19(17)26)29-34(31,32)16-7-8-16/h3-6,9-14,16,23,29-30H,7-8H2,1-2H3. The Balaban J connectivity index is 1.63. The third-order valence-electron chi connectivity index (χ3n) is 5.92. The van der Waals surface area contributed by atoms with E-state index in [1.165, 1.54) is 11.3 Å². The van der Waals surface area contributed by atoms with Gasteiger partial charge in [-0.2, -0.15) is 0 Å². The van der Waals surface area contributed by atoms with E-state index in [0.29, 0.717) is 29.1 Å². The first kappa shape index (κ1) is 23.4. The van der Waals surface area contributed by atoms with Crippen molar-refractivity contribution in [1.29, 1.82) is 0 Å². The lowest BCUT2D eigenvalue weighted by Crippen LogP contribution is -2.31. The number of pyridine rings is 2. The fourth-order valence-electron chi connectivity index (χ4n) is 3.88. The molecule has 0 amide bonds. The number of sulfonamides is 1. The van der Waals surface area contributed by atoms with Gasteiger partial charge in [-0.1, -0.05) is 29.8 Å². The van der Waals surface area contributed by atoms with Gasteiger partial charge in [-0.25, -0.2) is 13.1 Å². The summed E-state index contributed by atoms with van der Waals surface area (Å²) in [6, 6.07) is 14.1. The van der Waals surface area contributed by atoms with Gasteiger partial charge in [-0.15, -0.1) is 11.3 Å². The van der Waals surface area contributed by atoms with Gasteiger partial charge in [0.2, 0.25) is 10.0 Å². The molecule has 1 aliphatic carbocycles. The highest BCUT2D eigenvalue weighted by Gasteiger charge is 2.38. The van der Waals surface area contributed by atoms with Crippen LogP contribution >= 0.6 is 22.9 Å². The SMILES string of the molecule is CC(C)(O)c1ccnc(-c2ccnc3cc(C(NS(=O)(=O)C4CC4)c4ccccc4Cl)sc23)c1. The maximum Gasteiger partial charge on any atom is 0.215 e. The van der Waals surface area contributed by atoms with Crippen molar-refractivity contribution in [3.63, 3.8) is 0 Å². The number of halogens is 1. The van der Waals surface area contributed by atoms with E-state index in [0.717, 1.165) is 26.2 Å². The summed E-state index contributed by atoms with van der Waals surface area (Å²) in [5.41, 5.74) is 2.79. The molecule has 0 saturated heterocycles. The van der Waals surface area contributed by atoms with E-state index in [1.54, 1.807) is 38.4 Å². The normalized spacial score (nSPS) is 15.5. The van der Waals surface area contributed by atoms with E-state index >= 15 is 0 Å². The molecule has 9 heteroatoms. The second kappa shape index (κ2) is 8.70. The Morgan fingerprint density at radius 1 is 1.12 bits per heavy atom. The number of nitrogens with one attached hydrogen (secondary N) is 1. The van der Waals surface area contributed by atoms with Crippen LogP contribution in [-0.2, 0) is 15.6 Å². The number of aliphatic hydroxyl groups is 1. The number of thiophene rings is 1. The molecule has 3 heterocycles. The lowest BCUT2D eigenvalue weighted by atomic mass is 9.97. The van der Waals surface area contributed by atoms with E-state index in [9.17, 15) is 13.5 Å². The molecule has 4 aromatic rings. The molecule has 0 radical (unpaired) electrons. The predicted octanol–water partition coefficient (Wildman–Crippen LogP) is 5.41. The Hall–Kier alpha value is -2.36. The predicted molar refractivity (Wildman–Crippen MR) is 136 cm³/mol. The van der Waals surface area contributed by atoms with Crippen LogP contribution < -0.4 is 4.72 Å². The maximum absolute atomic E-state index is 12.9. The molecule has 1 fully saturated rings. The molecule has 1 aliphatic rings. The molecule has 6 nitrogen and oxygen atoms in total. The number of benzene rings is 1. The number of hydrogen-bond donors (Lipinski definition) is 2. The molecule has 0 aliphatic heterocycles. The average molecular weight is 514 g/mol. The van der Waals surface area contributed by atoms with Gasteiger partial charge in [0.15, 0.2) is 0 Å². The summed E-state index contributed by atoms with van der Waals surface area (Å²) in [6.45, 7) is 3.47. The Bertz CT molecular complexity index is 1470. The van der Waals surface area contributed by atoms with Crippen molar-refractivity contribution in [2.24, 2.45) is 0 Å². The van der Waals surface area contributed by atoms with E-state index in [1.807, 2.05) is 36.4 Å². The lowest BCUT2D eigenvalue weighted by Gasteiger charge is -2.19. The number of fused-ring (bicyclic) bond motifs is 1. The van der Waals surface area contributed by atoms with Gasteiger partial charge < -0.3 is 5.11 Å². The van der Waals surface area contributed by atoms with Crippen LogP contribution in [0.5, 0.6) is 0 Å². The molecule has 1 saturated carbocycles. The molecule has 2 N–H and O–H groups in total. The Labute approximate surface area is 207 Å². The zero-order valence-electron chi connectivity index (χ0n) is 18.7. The van der Waals surface area contributed by atoms with Gasteiger partial charge in [0, 0.05) is 27.9 Å². The summed E-state index contributed by atoms with van der Waals surface area (Å²) in [5.74, 6) is 0. The third kappa shape index (κ3) is 4.61. The zero-order chi connectivity index (χ0) is 24.1. The van der Waals surface area contributed by atoms with Crippen molar-refractivity contribution >= 4 is 43.2 Å². The molecule has 1 atom stereocenters. The Kier molecular flexibility index (Phi) is 5.98. The van der Waals surface area contributed by atoms with Crippen molar-refractivity contribution in [2.75, 3.05) is 0 Å². The van der Waals surface area contributed by atoms with E-state index in [2.05, 4.69) is 14.7 Å². The first-order chi connectivity index (χ1) is 16.1. The van der Waals surface area contributed by atoms with Gasteiger partial charge >= 0.3 is 0 Å². The third-order valence-corrected chi connectivity index (χ3v) is 9.40. The minimum atomic E-state index is -3.48. The van der Waals surface area contributed by atoms with Crippen LogP contribution in [0, 0.1) is 0 Å². The van der Waals surface area contributed by atoms with Crippen LogP contribution in [0.2, 0.25) is 5.02 Å². The van der Waals surface area contributed by atoms with Crippen LogP contribution in [0.1, 0.15) is 48.7 Å². The Morgan fingerprint density at radius 2 is 1.85 bits per heavy atom. The van der Waals surface area contributed by atoms with Crippen LogP contribution in [0.25, 0.3) is 21.5 Å². The average Bonchev–Trinajstić information content (AvgIpc) is 3.57. The van der Waals surface area contributed by atoms with E-state index < -0.39 is 21.7 Å². The van der Waals surface area contributed by atoms with Gasteiger partial charge in [0.25, 0.3) is 0 Å². The summed E-state index contributed by atoms with van der Waals surface area (Å²) in [5, 5.41) is 10.6. The number of rotatable bonds is 7. The molecule has 3 aromatic heterocycles. The van der Waals surface area contributed by atoms with Crippen molar-refractivity contribution in [2.45, 2.75) is 43.6 Å². The van der Waals surface area contributed by atoms with Crippen LogP contribution in [0.3, 0.4) is 0 Å². The fourth-order valence-corrected chi connectivity index (χ4v) is 6.94. The van der Waals surface area contributed by atoms with Crippen LogP contribution in [-0.4, -0.2) is 28.7 Å². The summed E-state index contributed by atoms with van der Waals surface area (Å²) >= 11 is 7.97. The second-order valence-corrected chi connectivity index (χ2v) is 12.5. The van der Waals surface area contributed by atoms with Crippen LogP contribution in [0.15, 0.2) is 60.9 Å². The molecule has 34 heavy (non-hydrogen) atoms. The minimum absolute atomic E-state index is 0.352. The highest BCUT2D eigenvalue weighted by Crippen LogP contribution is 2.40. The van der Waals surface area contributed by atoms with Crippen molar-refractivity contribution in [3.8, 4) is 11.3 Å². The lowest BCUT2D eigenvalue weighted by molar-refractivity contribution is 0.0785. The second-order valence-electron chi connectivity index (χ2n) is 9.03. The fraction of sp³-hybridized carbons (Fsp3) is 0.280. The smallest absolute Gasteiger partial charge is 0.215 e. The van der Waals surface area contributed by atoms with Crippen molar-refractivity contribution in [3.05, 3.63) is 82.0 Å². The van der Waals surface area contributed by atoms with Gasteiger partial charge in [-0.05, 0) is 68.1 Å². The largest absolute Gasteiger partial charge is 0.386 e. The molecular formula is C25H24ClN3O3S2. The highest BCUT2D eigenvalue weighted by atomic mass is 35.5. The topological polar surface area (TPSA) is 92.2 Å². The molecule has 0 bridgehead atoms. The summed E-state index contributed by atoms with van der Waals surface area (Å²) < 4.78 is 29.6. The number of nitrogens with zero attached hydrogens (tertiary/aromatic N) is 2. The summed E-state index contributed by atoms with van der Waals surface area (Å²) in [6.07, 6.45) is 4.74. The molecule has 176 valence electrons. The van der Waals surface area contributed by atoms with E-state index in [4.69, 9.17) is 11.6 Å². The van der Waals surface area contributed by atoms with Gasteiger partial charge in [-0.3, -0.25) is 9.97 Å². The quantitative estimate of drug-likeness (QED) is 0.344. The van der Waals surface area contributed by atoms with Crippen molar-refractivity contribution < 1.29 is 13.5 Å². The molecule has 5 rings (SSSR count). The summed E-state index contributed by atoms with van der Waals surface area (Å²) in [4.78, 5) is 9.85. The summed E-state index contributed by atoms with van der Waals surface area (Å²) in [7, 11) is -3.48. The maximum atomic E-state index is 12.9. The number of aromatic nitrogens is 2. The zero-order valence-corrected chi connectivity index (χ0v) is 21.1. The van der Waals surface area contributed by atoms with Crippen molar-refractivity contribution in [1.82, 2.24) is 14.7 Å². The first-order valence-electron chi connectivity index (χ1n) is 11.0. The van der Waals surface area contributed by atoms with Gasteiger partial charge in [0.1, 0.15) is 0 Å². The molecule has 0 spiro atoms. The minimum Gasteiger partial charge on any atom is -0.386 e. The monoisotopic (exact) mass is 513 g/mol.